The van der Waals surface area contributed by atoms with E-state index >= 15 is 0 Å². The van der Waals surface area contributed by atoms with E-state index in [-0.39, 0.29) is 5.91 Å². The molecular formula is C13H19N3O. The van der Waals surface area contributed by atoms with Crippen molar-refractivity contribution in [2.24, 2.45) is 0 Å². The van der Waals surface area contributed by atoms with Crippen molar-refractivity contribution in [3.8, 4) is 0 Å². The van der Waals surface area contributed by atoms with Gasteiger partial charge in [-0.3, -0.25) is 4.79 Å². The van der Waals surface area contributed by atoms with E-state index in [4.69, 9.17) is 0 Å². The van der Waals surface area contributed by atoms with Gasteiger partial charge in [0, 0.05) is 37.9 Å². The van der Waals surface area contributed by atoms with Gasteiger partial charge in [-0.2, -0.15) is 0 Å². The van der Waals surface area contributed by atoms with Crippen molar-refractivity contribution in [1.82, 2.24) is 5.32 Å². The molecule has 0 saturated carbocycles. The minimum Gasteiger partial charge on any atom is -0.384 e. The highest BCUT2D eigenvalue weighted by Gasteiger charge is 2.20. The van der Waals surface area contributed by atoms with Gasteiger partial charge in [-0.25, -0.2) is 0 Å². The Kier molecular flexibility index (Phi) is 3.64. The van der Waals surface area contributed by atoms with Gasteiger partial charge in [-0.05, 0) is 37.2 Å². The van der Waals surface area contributed by atoms with E-state index in [1.54, 1.807) is 4.90 Å². The molecule has 0 atom stereocenters. The number of carbonyl (C=O) groups excluding carboxylic acids is 1. The number of nitrogens with zero attached hydrogens (tertiary/aromatic N) is 1. The topological polar surface area (TPSA) is 44.4 Å². The Morgan fingerprint density at radius 2 is 2.12 bits per heavy atom. The minimum atomic E-state index is 0.202. The smallest absolute Gasteiger partial charge is 0.227 e. The van der Waals surface area contributed by atoms with Gasteiger partial charge < -0.3 is 15.5 Å². The van der Waals surface area contributed by atoms with Gasteiger partial charge in [0.2, 0.25) is 5.91 Å². The molecule has 17 heavy (non-hydrogen) atoms. The molecule has 1 aromatic carbocycles. The third-order valence-corrected chi connectivity index (χ3v) is 3.13. The van der Waals surface area contributed by atoms with Gasteiger partial charge in [0.15, 0.2) is 0 Å². The van der Waals surface area contributed by atoms with Crippen molar-refractivity contribution < 1.29 is 4.79 Å². The van der Waals surface area contributed by atoms with Gasteiger partial charge in [0.1, 0.15) is 0 Å². The zero-order chi connectivity index (χ0) is 12.3. The quantitative estimate of drug-likeness (QED) is 0.769. The molecule has 1 aliphatic rings. The summed E-state index contributed by atoms with van der Waals surface area (Å²) >= 11 is 0. The maximum absolute atomic E-state index is 11.6. The Morgan fingerprint density at radius 3 is 2.88 bits per heavy atom. The number of aryl methyl sites for hydroxylation is 1. The molecule has 1 aliphatic heterocycles. The number of hydrogen-bond donors (Lipinski definition) is 2. The lowest BCUT2D eigenvalue weighted by Gasteiger charge is -2.26. The molecule has 0 unspecified atom stereocenters. The Morgan fingerprint density at radius 1 is 1.29 bits per heavy atom. The predicted molar refractivity (Wildman–Crippen MR) is 70.6 cm³/mol. The molecule has 2 rings (SSSR count). The maximum atomic E-state index is 11.6. The average Bonchev–Trinajstić information content (AvgIpc) is 2.34. The highest BCUT2D eigenvalue weighted by molar-refractivity contribution is 5.96. The molecular weight excluding hydrogens is 214 g/mol. The minimum absolute atomic E-state index is 0.202. The molecule has 2 N–H and O–H groups in total. The van der Waals surface area contributed by atoms with E-state index in [2.05, 4.69) is 16.7 Å². The van der Waals surface area contributed by atoms with Crippen LogP contribution >= 0.6 is 0 Å². The first-order chi connectivity index (χ1) is 8.22. The summed E-state index contributed by atoms with van der Waals surface area (Å²) in [6.45, 7) is 1.85. The summed E-state index contributed by atoms with van der Waals surface area (Å²) in [5.74, 6) is 0.202. The summed E-state index contributed by atoms with van der Waals surface area (Å²) < 4.78 is 0. The highest BCUT2D eigenvalue weighted by Crippen LogP contribution is 2.28. The Balaban J connectivity index is 2.12. The zero-order valence-corrected chi connectivity index (χ0v) is 10.4. The fourth-order valence-electron chi connectivity index (χ4n) is 2.10. The molecule has 4 heteroatoms. The molecule has 0 aliphatic carbocycles. The molecule has 4 nitrogen and oxygen atoms in total. The molecule has 0 bridgehead atoms. The number of hydrogen-bond acceptors (Lipinski definition) is 3. The molecule has 1 amide bonds. The SMILES string of the molecule is CNCCNc1ccc2c(c1)CCC(=O)N2C. The Bertz CT molecular complexity index is 417. The van der Waals surface area contributed by atoms with Crippen LogP contribution < -0.4 is 15.5 Å². The number of anilines is 2. The standard InChI is InChI=1S/C13H19N3O/c1-14-7-8-15-11-4-5-12-10(9-11)3-6-13(17)16(12)2/h4-5,9,14-15H,3,6-8H2,1-2H3. The second kappa shape index (κ2) is 5.19. The normalized spacial score (nSPS) is 14.7. The number of nitrogens with one attached hydrogen (secondary N) is 2. The lowest BCUT2D eigenvalue weighted by molar-refractivity contribution is -0.118. The summed E-state index contributed by atoms with van der Waals surface area (Å²) in [4.78, 5) is 13.3. The first-order valence-corrected chi connectivity index (χ1v) is 6.00. The monoisotopic (exact) mass is 233 g/mol. The van der Waals surface area contributed by atoms with Gasteiger partial charge in [-0.1, -0.05) is 0 Å². The number of fused-ring (bicyclic) bond motifs is 1. The van der Waals surface area contributed by atoms with Crippen molar-refractivity contribution in [2.45, 2.75) is 12.8 Å². The van der Waals surface area contributed by atoms with Crippen molar-refractivity contribution in [3.05, 3.63) is 23.8 Å². The van der Waals surface area contributed by atoms with Crippen LogP contribution in [0.3, 0.4) is 0 Å². The molecule has 0 radical (unpaired) electrons. The molecule has 0 spiro atoms. The molecule has 0 aromatic heterocycles. The number of carbonyl (C=O) groups is 1. The second-order valence-corrected chi connectivity index (χ2v) is 4.33. The highest BCUT2D eigenvalue weighted by atomic mass is 16.2. The number of rotatable bonds is 4. The molecule has 0 saturated heterocycles. The Labute approximate surface area is 102 Å². The van der Waals surface area contributed by atoms with Gasteiger partial charge in [-0.15, -0.1) is 0 Å². The molecule has 1 aromatic rings. The zero-order valence-electron chi connectivity index (χ0n) is 10.4. The van der Waals surface area contributed by atoms with Crippen LogP contribution in [0.25, 0.3) is 0 Å². The van der Waals surface area contributed by atoms with Crippen LogP contribution in [0, 0.1) is 0 Å². The summed E-state index contributed by atoms with van der Waals surface area (Å²) in [5.41, 5.74) is 3.42. The van der Waals surface area contributed by atoms with Crippen LogP contribution in [0.2, 0.25) is 0 Å². The summed E-state index contributed by atoms with van der Waals surface area (Å²) in [6, 6.07) is 6.20. The van der Waals surface area contributed by atoms with Gasteiger partial charge in [0.25, 0.3) is 0 Å². The van der Waals surface area contributed by atoms with Gasteiger partial charge >= 0.3 is 0 Å². The molecule has 92 valence electrons. The predicted octanol–water partition coefficient (Wildman–Crippen LogP) is 1.23. The van der Waals surface area contributed by atoms with Crippen LogP contribution in [0.4, 0.5) is 11.4 Å². The molecule has 0 fully saturated rings. The lowest BCUT2D eigenvalue weighted by atomic mass is 10.0. The van der Waals surface area contributed by atoms with Crippen LogP contribution in [-0.2, 0) is 11.2 Å². The average molecular weight is 233 g/mol. The van der Waals surface area contributed by atoms with E-state index in [0.29, 0.717) is 6.42 Å². The fraction of sp³-hybridized carbons (Fsp3) is 0.462. The van der Waals surface area contributed by atoms with E-state index in [1.807, 2.05) is 26.2 Å². The Hall–Kier alpha value is -1.55. The van der Waals surface area contributed by atoms with Crippen LogP contribution in [0.15, 0.2) is 18.2 Å². The van der Waals surface area contributed by atoms with Crippen molar-refractivity contribution in [2.75, 3.05) is 37.4 Å². The number of likely N-dealkylation sites (N-methyl/N-ethyl adjacent to an activating group) is 1. The number of amides is 1. The summed E-state index contributed by atoms with van der Waals surface area (Å²) in [7, 11) is 3.78. The third-order valence-electron chi connectivity index (χ3n) is 3.13. The maximum Gasteiger partial charge on any atom is 0.227 e. The van der Waals surface area contributed by atoms with Crippen molar-refractivity contribution in [3.63, 3.8) is 0 Å². The van der Waals surface area contributed by atoms with Crippen LogP contribution in [0.1, 0.15) is 12.0 Å². The van der Waals surface area contributed by atoms with Crippen molar-refractivity contribution in [1.29, 1.82) is 0 Å². The third kappa shape index (κ3) is 2.58. The van der Waals surface area contributed by atoms with E-state index in [9.17, 15) is 4.79 Å². The van der Waals surface area contributed by atoms with Gasteiger partial charge in [0.05, 0.1) is 0 Å². The van der Waals surface area contributed by atoms with Crippen molar-refractivity contribution >= 4 is 17.3 Å². The number of benzene rings is 1. The fourth-order valence-corrected chi connectivity index (χ4v) is 2.10. The largest absolute Gasteiger partial charge is 0.384 e. The first kappa shape index (κ1) is 11.9. The van der Waals surface area contributed by atoms with Crippen LogP contribution in [0.5, 0.6) is 0 Å². The van der Waals surface area contributed by atoms with Crippen LogP contribution in [-0.4, -0.2) is 33.1 Å². The molecule has 1 heterocycles. The van der Waals surface area contributed by atoms with E-state index < -0.39 is 0 Å². The second-order valence-electron chi connectivity index (χ2n) is 4.33. The summed E-state index contributed by atoms with van der Waals surface area (Å²) in [6.07, 6.45) is 1.46. The van der Waals surface area contributed by atoms with E-state index in [1.165, 1.54) is 5.56 Å². The van der Waals surface area contributed by atoms with E-state index in [0.717, 1.165) is 30.9 Å². The lowest BCUT2D eigenvalue weighted by Crippen LogP contribution is -2.31. The first-order valence-electron chi connectivity index (χ1n) is 6.00. The summed E-state index contributed by atoms with van der Waals surface area (Å²) in [5, 5.41) is 6.45.